The molecule has 1 aliphatic heterocycles. The van der Waals surface area contributed by atoms with E-state index in [9.17, 15) is 9.59 Å². The second kappa shape index (κ2) is 13.0. The molecule has 1 unspecified atom stereocenters. The average Bonchev–Trinajstić information content (AvgIpc) is 3.04. The Labute approximate surface area is 240 Å². The van der Waals surface area contributed by atoms with Crippen molar-refractivity contribution in [1.82, 2.24) is 15.3 Å². The van der Waals surface area contributed by atoms with Crippen LogP contribution in [0.15, 0.2) is 66.0 Å². The van der Waals surface area contributed by atoms with Gasteiger partial charge in [-0.3, -0.25) is 4.79 Å². The van der Waals surface area contributed by atoms with E-state index in [4.69, 9.17) is 9.47 Å². The molecule has 2 heterocycles. The third-order valence-corrected chi connectivity index (χ3v) is 6.88. The second-order valence-electron chi connectivity index (χ2n) is 10.7. The van der Waals surface area contributed by atoms with Gasteiger partial charge >= 0.3 is 6.09 Å². The molecule has 0 spiro atoms. The number of likely N-dealkylation sites (N-methyl/N-ethyl adjacent to an activating group) is 1. The number of carbonyl (C=O) groups excluding carboxylic acids is 2. The number of fused-ring (bicyclic) bond motifs is 1. The summed E-state index contributed by atoms with van der Waals surface area (Å²) < 4.78 is 11.9. The lowest BCUT2D eigenvalue weighted by Crippen LogP contribution is -2.41. The van der Waals surface area contributed by atoms with Crippen molar-refractivity contribution in [2.45, 2.75) is 50.4 Å². The molecule has 9 nitrogen and oxygen atoms in total. The molecule has 10 heteroatoms. The Morgan fingerprint density at radius 1 is 1.12 bits per heavy atom. The van der Waals surface area contributed by atoms with Crippen LogP contribution in [0.2, 0.25) is 0 Å². The molecular formula is C30H37N5O4S. The van der Waals surface area contributed by atoms with E-state index in [0.29, 0.717) is 48.2 Å². The van der Waals surface area contributed by atoms with Crippen LogP contribution in [-0.2, 0) is 11.2 Å². The lowest BCUT2D eigenvalue weighted by atomic mass is 10.1. The molecule has 40 heavy (non-hydrogen) atoms. The summed E-state index contributed by atoms with van der Waals surface area (Å²) in [6.07, 6.45) is 3.97. The number of nitrogens with one attached hydrogen (secondary N) is 1. The Morgan fingerprint density at radius 3 is 2.62 bits per heavy atom. The molecule has 1 aromatic heterocycles. The quantitative estimate of drug-likeness (QED) is 0.280. The monoisotopic (exact) mass is 563 g/mol. The first-order valence-corrected chi connectivity index (χ1v) is 14.5. The molecule has 2 aromatic carbocycles. The number of benzene rings is 2. The minimum absolute atomic E-state index is 0.150. The number of nitrogens with zero attached hydrogens (tertiary/aromatic N) is 4. The lowest BCUT2D eigenvalue weighted by Gasteiger charge is -2.24. The number of hydrogen-bond donors (Lipinski definition) is 1. The third-order valence-electron chi connectivity index (χ3n) is 6.31. The van der Waals surface area contributed by atoms with E-state index in [1.807, 2.05) is 93.6 Å². The normalized spacial score (nSPS) is 14.3. The van der Waals surface area contributed by atoms with E-state index < -0.39 is 6.09 Å². The molecule has 1 N–H and O–H groups in total. The van der Waals surface area contributed by atoms with Gasteiger partial charge in [-0.1, -0.05) is 48.2 Å². The molecule has 0 aliphatic carbocycles. The van der Waals surface area contributed by atoms with Crippen molar-refractivity contribution in [2.24, 2.45) is 0 Å². The van der Waals surface area contributed by atoms with Crippen molar-refractivity contribution in [3.05, 3.63) is 71.9 Å². The standard InChI is InChI=1S/C30H37N5O4S/c1-30(2,3)33-29(37)38-17-14-24(18-21-10-7-6-8-11-21)39-23-13-9-12-22(19-23)35-16-15-34(4)26-25(27(35)36)20-31-28(32-26)40-5/h6-13,19-20,24H,14-18H2,1-5H3,(H,33,37). The summed E-state index contributed by atoms with van der Waals surface area (Å²) in [7, 11) is 1.93. The minimum atomic E-state index is -0.452. The van der Waals surface area contributed by atoms with Gasteiger partial charge in [0.2, 0.25) is 0 Å². The van der Waals surface area contributed by atoms with Gasteiger partial charge in [0.1, 0.15) is 23.2 Å². The SMILES string of the molecule is CSc1ncc2c(n1)N(C)CCN(c1cccc(OC(CCOC(=O)NC(C)(C)C)Cc3ccccc3)c1)C2=O. The van der Waals surface area contributed by atoms with Crippen molar-refractivity contribution in [2.75, 3.05) is 42.8 Å². The van der Waals surface area contributed by atoms with Crippen LogP contribution in [0.3, 0.4) is 0 Å². The molecule has 0 radical (unpaired) electrons. The minimum Gasteiger partial charge on any atom is -0.490 e. The van der Waals surface area contributed by atoms with E-state index in [1.54, 1.807) is 11.1 Å². The maximum Gasteiger partial charge on any atom is 0.407 e. The Morgan fingerprint density at radius 2 is 1.90 bits per heavy atom. The van der Waals surface area contributed by atoms with Crippen molar-refractivity contribution >= 4 is 35.3 Å². The van der Waals surface area contributed by atoms with E-state index in [-0.39, 0.29) is 24.2 Å². The highest BCUT2D eigenvalue weighted by molar-refractivity contribution is 7.98. The molecule has 1 aliphatic rings. The first-order chi connectivity index (χ1) is 19.1. The van der Waals surface area contributed by atoms with Gasteiger partial charge in [0, 0.05) is 56.5 Å². The maximum atomic E-state index is 13.6. The van der Waals surface area contributed by atoms with Gasteiger partial charge in [-0.15, -0.1) is 0 Å². The molecule has 0 saturated heterocycles. The molecule has 2 amide bonds. The zero-order valence-corrected chi connectivity index (χ0v) is 24.5. The van der Waals surface area contributed by atoms with Gasteiger partial charge in [0.25, 0.3) is 5.91 Å². The molecule has 4 rings (SSSR count). The van der Waals surface area contributed by atoms with Crippen LogP contribution in [0, 0.1) is 0 Å². The molecule has 0 saturated carbocycles. The highest BCUT2D eigenvalue weighted by Gasteiger charge is 2.28. The van der Waals surface area contributed by atoms with Crippen LogP contribution >= 0.6 is 11.8 Å². The fraction of sp³-hybridized carbons (Fsp3) is 0.400. The van der Waals surface area contributed by atoms with Gasteiger partial charge in [-0.2, -0.15) is 0 Å². The fourth-order valence-corrected chi connectivity index (χ4v) is 4.70. The number of aromatic nitrogens is 2. The summed E-state index contributed by atoms with van der Waals surface area (Å²) >= 11 is 1.44. The number of ether oxygens (including phenoxy) is 2. The largest absolute Gasteiger partial charge is 0.490 e. The van der Waals surface area contributed by atoms with Gasteiger partial charge in [0.15, 0.2) is 5.16 Å². The Hall–Kier alpha value is -3.79. The highest BCUT2D eigenvalue weighted by Crippen LogP contribution is 2.29. The summed E-state index contributed by atoms with van der Waals surface area (Å²) in [5.74, 6) is 1.12. The van der Waals surface area contributed by atoms with Crippen molar-refractivity contribution in [3.63, 3.8) is 0 Å². The van der Waals surface area contributed by atoms with E-state index in [0.717, 1.165) is 11.3 Å². The van der Waals surface area contributed by atoms with E-state index >= 15 is 0 Å². The van der Waals surface area contributed by atoms with E-state index in [1.165, 1.54) is 11.8 Å². The van der Waals surface area contributed by atoms with Crippen LogP contribution in [0.25, 0.3) is 0 Å². The third kappa shape index (κ3) is 7.88. The van der Waals surface area contributed by atoms with Crippen LogP contribution in [0.1, 0.15) is 43.1 Å². The van der Waals surface area contributed by atoms with Gasteiger partial charge in [0.05, 0.1) is 6.61 Å². The predicted octanol–water partition coefficient (Wildman–Crippen LogP) is 5.20. The number of thioether (sulfide) groups is 1. The number of hydrogen-bond acceptors (Lipinski definition) is 8. The molecule has 212 valence electrons. The number of rotatable bonds is 9. The first kappa shape index (κ1) is 29.2. The predicted molar refractivity (Wildman–Crippen MR) is 159 cm³/mol. The summed E-state index contributed by atoms with van der Waals surface area (Å²) in [6, 6.07) is 17.6. The van der Waals surface area contributed by atoms with Gasteiger partial charge < -0.3 is 24.6 Å². The van der Waals surface area contributed by atoms with Crippen molar-refractivity contribution in [1.29, 1.82) is 0 Å². The smallest absolute Gasteiger partial charge is 0.407 e. The Bertz CT molecular complexity index is 1310. The van der Waals surface area contributed by atoms with E-state index in [2.05, 4.69) is 15.3 Å². The van der Waals surface area contributed by atoms with Crippen LogP contribution in [0.4, 0.5) is 16.3 Å². The summed E-state index contributed by atoms with van der Waals surface area (Å²) in [6.45, 7) is 7.05. The first-order valence-electron chi connectivity index (χ1n) is 13.3. The number of carbonyl (C=O) groups is 2. The van der Waals surface area contributed by atoms with Crippen molar-refractivity contribution in [3.8, 4) is 5.75 Å². The van der Waals surface area contributed by atoms with Crippen LogP contribution in [0.5, 0.6) is 5.75 Å². The second-order valence-corrected chi connectivity index (χ2v) is 11.5. The van der Waals surface area contributed by atoms with Gasteiger partial charge in [-0.25, -0.2) is 14.8 Å². The molecule has 3 aromatic rings. The van der Waals surface area contributed by atoms with Gasteiger partial charge in [-0.05, 0) is 44.7 Å². The topological polar surface area (TPSA) is 96.9 Å². The van der Waals surface area contributed by atoms with Crippen molar-refractivity contribution < 1.29 is 19.1 Å². The molecule has 0 fully saturated rings. The number of amides is 2. The molecule has 0 bridgehead atoms. The zero-order chi connectivity index (χ0) is 28.7. The Balaban J connectivity index is 1.50. The number of alkyl carbamates (subject to hydrolysis) is 1. The zero-order valence-electron chi connectivity index (χ0n) is 23.7. The summed E-state index contributed by atoms with van der Waals surface area (Å²) in [5, 5.41) is 3.44. The summed E-state index contributed by atoms with van der Waals surface area (Å²) in [5.41, 5.74) is 1.95. The Kier molecular flexibility index (Phi) is 9.52. The average molecular weight is 564 g/mol. The molecular weight excluding hydrogens is 526 g/mol. The lowest BCUT2D eigenvalue weighted by molar-refractivity contribution is 0.0989. The van der Waals surface area contributed by atoms with Crippen LogP contribution < -0.4 is 19.9 Å². The maximum absolute atomic E-state index is 13.6. The summed E-state index contributed by atoms with van der Waals surface area (Å²) in [4.78, 5) is 38.4. The fourth-order valence-electron chi connectivity index (χ4n) is 4.37. The highest BCUT2D eigenvalue weighted by atomic mass is 32.2. The van der Waals surface area contributed by atoms with Crippen LogP contribution in [-0.4, -0.2) is 66.6 Å². The molecule has 1 atom stereocenters. The number of anilines is 2.